The zero-order valence-corrected chi connectivity index (χ0v) is 66.2. The highest BCUT2D eigenvalue weighted by Crippen LogP contribution is 2.51. The Bertz CT molecular complexity index is 8110. The van der Waals surface area contributed by atoms with Crippen LogP contribution in [0.3, 0.4) is 0 Å². The van der Waals surface area contributed by atoms with Gasteiger partial charge in [-0.1, -0.05) is 322 Å². The number of fused-ring (bicyclic) bond motifs is 16. The number of aromatic nitrogens is 6. The molecule has 0 radical (unpaired) electrons. The lowest BCUT2D eigenvalue weighted by atomic mass is 9.91. The van der Waals surface area contributed by atoms with E-state index in [1.165, 1.54) is 51.8 Å². The average Bonchev–Trinajstić information content (AvgIpc) is 1.58. The molecule has 0 saturated heterocycles. The van der Waals surface area contributed by atoms with Crippen molar-refractivity contribution >= 4 is 124 Å². The van der Waals surface area contributed by atoms with Crippen molar-refractivity contribution < 1.29 is 8.83 Å². The number of thiophene rings is 2. The predicted octanol–water partition coefficient (Wildman–Crippen LogP) is 30.4. The molecule has 0 aliphatic heterocycles. The van der Waals surface area contributed by atoms with Gasteiger partial charge in [0, 0.05) is 107 Å². The van der Waals surface area contributed by atoms with Crippen molar-refractivity contribution in [2.75, 3.05) is 0 Å². The van der Waals surface area contributed by atoms with Gasteiger partial charge >= 0.3 is 0 Å². The molecule has 1 aliphatic carbocycles. The fourth-order valence-corrected chi connectivity index (χ4v) is 20.8. The largest absolute Gasteiger partial charge is 0.455 e. The van der Waals surface area contributed by atoms with Crippen LogP contribution in [-0.4, -0.2) is 29.9 Å². The third-order valence-electron chi connectivity index (χ3n) is 23.9. The van der Waals surface area contributed by atoms with Gasteiger partial charge in [0.1, 0.15) is 22.3 Å². The average molecular weight is 1570 g/mol. The van der Waals surface area contributed by atoms with Crippen molar-refractivity contribution in [3.8, 4) is 146 Å². The number of hydrogen-bond acceptors (Lipinski definition) is 10. The first-order valence-corrected chi connectivity index (χ1v) is 42.2. The Morgan fingerprint density at radius 3 is 1.12 bits per heavy atom. The summed E-state index contributed by atoms with van der Waals surface area (Å²) < 4.78 is 17.7. The lowest BCUT2D eigenvalue weighted by Crippen LogP contribution is -2.00. The summed E-state index contributed by atoms with van der Waals surface area (Å²) in [5.41, 5.74) is 26.1. The molecule has 0 N–H and O–H groups in total. The summed E-state index contributed by atoms with van der Waals surface area (Å²) in [5, 5.41) is 12.5. The molecule has 23 aromatic rings. The number of hydrogen-bond donors (Lipinski definition) is 0. The first-order chi connectivity index (χ1) is 59.4. The predicted molar refractivity (Wildman–Crippen MR) is 499 cm³/mol. The van der Waals surface area contributed by atoms with Crippen molar-refractivity contribution in [3.63, 3.8) is 0 Å². The molecule has 0 bridgehead atoms. The minimum absolute atomic E-state index is 0.588. The standard InChI is InChI=1S/C110H66N6O2S2/c1-4-25-66(26-5-1)105-111-106(67-27-6-2-7-28-67)114-109(113-105)75-35-19-32-71(60-75)70-31-18-34-73(59-70)92-64-94-100-84(45-24-51-96(100)118-102(94)86-43-15-13-40-80(86)92)90-49-22-47-88-82-58-57-74(62-98(82)120-104(88)90)78-38-11-10-37-77(78)72-33-20-36-76(61-72)110-115-107(68-29-8-3-9-30-68)112-108(116-110)69-55-53-65(54-56-69)91-63-93-99-83(44-23-50-95(99)117-101(93)85-42-14-12-39-79(85)91)89-48-21-46-87-81-41-16-17-52-97(81)119-103(87)89/h1-15,17-40,42-64H,16,41H2. The Hall–Kier alpha value is -15.2. The highest BCUT2D eigenvalue weighted by molar-refractivity contribution is 7.26. The normalized spacial score (nSPS) is 12.2. The van der Waals surface area contributed by atoms with Gasteiger partial charge in [0.15, 0.2) is 34.9 Å². The quantitative estimate of drug-likeness (QED) is 0.112. The molecular formula is C110H66N6O2S2. The SMILES string of the molecule is C1=Cc2sc3c(-c4cccc5oc6c7ccccc7c(-c7ccc(-c8nc(-c9ccccc9)nc(-c9cccc(-c%10ccccc%10-c%10ccc%11c(c%10)sc%10c(-c%12cccc%13oc%14c%15ccccc%15c(-c%15cccc(-c%16cccc(-c%17nc(-c%18ccccc%18)nc(-c%18ccccc%18)n%17)c%16)c%15)cc%14c%12%13)cccc%10%11)c9)n8)cc7)cc6c45)cccc3c2CC1. The maximum absolute atomic E-state index is 7.05. The molecule has 0 unspecified atom stereocenters. The van der Waals surface area contributed by atoms with E-state index in [-0.39, 0.29) is 0 Å². The number of furan rings is 2. The molecule has 0 atom stereocenters. The van der Waals surface area contributed by atoms with Crippen LogP contribution in [0.2, 0.25) is 0 Å². The van der Waals surface area contributed by atoms with Gasteiger partial charge in [-0.2, -0.15) is 0 Å². The second kappa shape index (κ2) is 28.3. The zero-order valence-electron chi connectivity index (χ0n) is 64.5. The second-order valence-corrected chi connectivity index (χ2v) is 33.0. The maximum Gasteiger partial charge on any atom is 0.164 e. The molecule has 0 saturated carbocycles. The van der Waals surface area contributed by atoms with Crippen molar-refractivity contribution in [1.29, 1.82) is 0 Å². The van der Waals surface area contributed by atoms with Crippen molar-refractivity contribution in [3.05, 3.63) is 380 Å². The molecule has 120 heavy (non-hydrogen) atoms. The van der Waals surface area contributed by atoms with Crippen LogP contribution >= 0.6 is 22.7 Å². The Morgan fingerprint density at radius 1 is 0.225 bits per heavy atom. The number of aryl methyl sites for hydroxylation is 1. The van der Waals surface area contributed by atoms with Gasteiger partial charge in [0.2, 0.25) is 0 Å². The Kier molecular flexibility index (Phi) is 16.3. The van der Waals surface area contributed by atoms with Crippen LogP contribution in [0.25, 0.3) is 248 Å². The molecule has 6 aromatic heterocycles. The summed E-state index contributed by atoms with van der Waals surface area (Å²) in [7, 11) is 0. The fraction of sp³-hybridized carbons (Fsp3) is 0.0182. The van der Waals surface area contributed by atoms with E-state index in [1.807, 2.05) is 102 Å². The Morgan fingerprint density at radius 2 is 0.583 bits per heavy atom. The molecule has 24 rings (SSSR count). The molecule has 0 spiro atoms. The molecule has 560 valence electrons. The molecule has 17 aromatic carbocycles. The molecule has 0 amide bonds. The van der Waals surface area contributed by atoms with Gasteiger partial charge in [-0.05, 0) is 156 Å². The minimum atomic E-state index is 0.588. The van der Waals surface area contributed by atoms with E-state index in [2.05, 4.69) is 297 Å². The first-order valence-electron chi connectivity index (χ1n) is 40.6. The molecule has 10 heteroatoms. The topological polar surface area (TPSA) is 104 Å². The van der Waals surface area contributed by atoms with Crippen LogP contribution in [-0.2, 0) is 6.42 Å². The maximum atomic E-state index is 7.05. The minimum Gasteiger partial charge on any atom is -0.455 e. The van der Waals surface area contributed by atoms with Crippen LogP contribution < -0.4 is 0 Å². The summed E-state index contributed by atoms with van der Waals surface area (Å²) in [6.07, 6.45) is 6.76. The van der Waals surface area contributed by atoms with E-state index >= 15 is 0 Å². The lowest BCUT2D eigenvalue weighted by Gasteiger charge is -2.13. The fourth-order valence-electron chi connectivity index (χ4n) is 18.2. The van der Waals surface area contributed by atoms with Crippen LogP contribution in [0.5, 0.6) is 0 Å². The van der Waals surface area contributed by atoms with Crippen LogP contribution in [0.1, 0.15) is 16.9 Å². The number of rotatable bonds is 13. The van der Waals surface area contributed by atoms with Gasteiger partial charge in [0.25, 0.3) is 0 Å². The molecular weight excluding hydrogens is 1500 g/mol. The zero-order chi connectivity index (χ0) is 78.9. The third kappa shape index (κ3) is 11.7. The first kappa shape index (κ1) is 69.1. The summed E-state index contributed by atoms with van der Waals surface area (Å²) in [5.74, 6) is 3.64. The molecule has 0 fully saturated rings. The van der Waals surface area contributed by atoms with Gasteiger partial charge in [-0.3, -0.25) is 0 Å². The van der Waals surface area contributed by atoms with E-state index in [0.717, 1.165) is 178 Å². The highest BCUT2D eigenvalue weighted by atomic mass is 32.1. The number of nitrogens with zero attached hydrogens (tertiary/aromatic N) is 6. The van der Waals surface area contributed by atoms with Crippen LogP contribution in [0.4, 0.5) is 0 Å². The smallest absolute Gasteiger partial charge is 0.164 e. The summed E-state index contributed by atoms with van der Waals surface area (Å²) in [6, 6.07) is 130. The third-order valence-corrected chi connectivity index (χ3v) is 26.3. The molecule has 1 aliphatic rings. The van der Waals surface area contributed by atoms with E-state index in [1.54, 1.807) is 0 Å². The number of benzene rings is 17. The summed E-state index contributed by atoms with van der Waals surface area (Å²) in [6.45, 7) is 0. The van der Waals surface area contributed by atoms with Gasteiger partial charge in [-0.25, -0.2) is 29.9 Å². The monoisotopic (exact) mass is 1570 g/mol. The van der Waals surface area contributed by atoms with E-state index in [0.29, 0.717) is 34.9 Å². The van der Waals surface area contributed by atoms with E-state index < -0.39 is 0 Å². The van der Waals surface area contributed by atoms with E-state index in [4.69, 9.17) is 38.7 Å². The van der Waals surface area contributed by atoms with Gasteiger partial charge in [0.05, 0.1) is 0 Å². The van der Waals surface area contributed by atoms with Crippen molar-refractivity contribution in [2.24, 2.45) is 0 Å². The Balaban J connectivity index is 0.560. The number of allylic oxidation sites excluding steroid dienone is 1. The van der Waals surface area contributed by atoms with Crippen molar-refractivity contribution in [1.82, 2.24) is 29.9 Å². The van der Waals surface area contributed by atoms with Crippen LogP contribution in [0.15, 0.2) is 379 Å². The summed E-state index contributed by atoms with van der Waals surface area (Å²) >= 11 is 3.75. The highest BCUT2D eigenvalue weighted by Gasteiger charge is 2.26. The van der Waals surface area contributed by atoms with E-state index in [9.17, 15) is 0 Å². The summed E-state index contributed by atoms with van der Waals surface area (Å²) in [4.78, 5) is 32.3. The second-order valence-electron chi connectivity index (χ2n) is 30.9. The molecule has 8 nitrogen and oxygen atoms in total. The van der Waals surface area contributed by atoms with Gasteiger partial charge < -0.3 is 8.83 Å². The van der Waals surface area contributed by atoms with Gasteiger partial charge in [-0.15, -0.1) is 22.7 Å². The van der Waals surface area contributed by atoms with Crippen LogP contribution in [0, 0.1) is 0 Å². The van der Waals surface area contributed by atoms with Crippen molar-refractivity contribution in [2.45, 2.75) is 12.8 Å². The molecule has 6 heterocycles. The lowest BCUT2D eigenvalue weighted by molar-refractivity contribution is 0.672. The Labute approximate surface area is 697 Å².